The summed E-state index contributed by atoms with van der Waals surface area (Å²) in [6.45, 7) is -0.221. The van der Waals surface area contributed by atoms with Crippen molar-refractivity contribution >= 4 is 0 Å². The molecule has 0 aliphatic carbocycles. The van der Waals surface area contributed by atoms with Crippen LogP contribution in [0, 0.1) is 11.3 Å². The first-order valence-corrected chi connectivity index (χ1v) is 4.80. The fourth-order valence-electron chi connectivity index (χ4n) is 1.42. The first-order valence-electron chi connectivity index (χ1n) is 4.80. The van der Waals surface area contributed by atoms with E-state index in [9.17, 15) is 13.2 Å². The third-order valence-electron chi connectivity index (χ3n) is 2.10. The molecule has 0 spiro atoms. The first kappa shape index (κ1) is 14.1. The topological polar surface area (TPSA) is 81.2 Å². The number of hydrogen-bond donors (Lipinski definition) is 1. The summed E-state index contributed by atoms with van der Waals surface area (Å²) in [4.78, 5) is 3.65. The number of nitrogens with zero attached hydrogens (tertiary/aromatic N) is 2. The zero-order chi connectivity index (χ0) is 13.8. The normalized spacial score (nSPS) is 10.9. The quantitative estimate of drug-likeness (QED) is 0.888. The lowest BCUT2D eigenvalue weighted by Crippen LogP contribution is -2.20. The van der Waals surface area contributed by atoms with Crippen LogP contribution in [0.3, 0.4) is 0 Å². The van der Waals surface area contributed by atoms with E-state index in [2.05, 4.69) is 9.72 Å². The predicted molar refractivity (Wildman–Crippen MR) is 54.7 cm³/mol. The molecule has 0 saturated heterocycles. The van der Waals surface area contributed by atoms with Crippen molar-refractivity contribution in [3.63, 3.8) is 0 Å². The van der Waals surface area contributed by atoms with Crippen LogP contribution in [0.15, 0.2) is 6.20 Å². The Balaban J connectivity index is 3.29. The van der Waals surface area contributed by atoms with Gasteiger partial charge in [0.25, 0.3) is 0 Å². The second kappa shape index (κ2) is 5.55. The second-order valence-corrected chi connectivity index (χ2v) is 3.18. The molecule has 0 bridgehead atoms. The minimum Gasteiger partial charge on any atom is -0.481 e. The number of nitriles is 1. The molecule has 18 heavy (non-hydrogen) atoms. The maximum absolute atomic E-state index is 12.2. The monoisotopic (exact) mass is 261 g/mol. The van der Waals surface area contributed by atoms with E-state index in [4.69, 9.17) is 15.7 Å². The van der Waals surface area contributed by atoms with E-state index in [-0.39, 0.29) is 30.0 Å². The summed E-state index contributed by atoms with van der Waals surface area (Å²) >= 11 is 0. The second-order valence-electron chi connectivity index (χ2n) is 3.18. The van der Waals surface area contributed by atoms with Crippen LogP contribution in [0.2, 0.25) is 0 Å². The number of alkyl halides is 3. The van der Waals surface area contributed by atoms with Crippen molar-refractivity contribution in [2.75, 3.05) is 7.11 Å². The molecule has 0 unspecified atom stereocenters. The van der Waals surface area contributed by atoms with Crippen molar-refractivity contribution in [3.8, 4) is 17.7 Å². The Hall–Kier alpha value is -2.01. The van der Waals surface area contributed by atoms with E-state index < -0.39 is 12.1 Å². The van der Waals surface area contributed by atoms with Crippen molar-refractivity contribution in [1.29, 1.82) is 5.26 Å². The number of hydrogen-bond acceptors (Lipinski definition) is 5. The Kier molecular flexibility index (Phi) is 4.33. The molecule has 0 amide bonds. The summed E-state index contributed by atoms with van der Waals surface area (Å²) in [5, 5.41) is 8.65. The van der Waals surface area contributed by atoms with Crippen molar-refractivity contribution in [2.24, 2.45) is 5.73 Å². The van der Waals surface area contributed by atoms with Crippen LogP contribution in [-0.4, -0.2) is 18.5 Å². The van der Waals surface area contributed by atoms with Gasteiger partial charge in [-0.15, -0.1) is 13.2 Å². The van der Waals surface area contributed by atoms with E-state index in [1.54, 1.807) is 0 Å². The summed E-state index contributed by atoms with van der Waals surface area (Å²) in [6, 6.07) is 1.81. The highest BCUT2D eigenvalue weighted by Crippen LogP contribution is 2.31. The number of methoxy groups -OCH3 is 1. The van der Waals surface area contributed by atoms with E-state index in [0.717, 1.165) is 6.20 Å². The van der Waals surface area contributed by atoms with Gasteiger partial charge >= 0.3 is 6.36 Å². The van der Waals surface area contributed by atoms with Crippen LogP contribution >= 0.6 is 0 Å². The Morgan fingerprint density at radius 3 is 2.56 bits per heavy atom. The van der Waals surface area contributed by atoms with Gasteiger partial charge in [0.1, 0.15) is 0 Å². The molecule has 8 heteroatoms. The molecular weight excluding hydrogens is 251 g/mol. The van der Waals surface area contributed by atoms with Gasteiger partial charge in [-0.1, -0.05) is 0 Å². The molecule has 98 valence electrons. The maximum atomic E-state index is 12.2. The van der Waals surface area contributed by atoms with E-state index in [1.807, 2.05) is 6.07 Å². The molecule has 1 rings (SSSR count). The Morgan fingerprint density at radius 1 is 1.44 bits per heavy atom. The number of halogens is 3. The third kappa shape index (κ3) is 3.24. The average molecular weight is 261 g/mol. The molecule has 0 aliphatic heterocycles. The van der Waals surface area contributed by atoms with Crippen molar-refractivity contribution in [3.05, 3.63) is 17.3 Å². The molecule has 0 saturated carbocycles. The fourth-order valence-corrected chi connectivity index (χ4v) is 1.42. The molecule has 0 aromatic carbocycles. The van der Waals surface area contributed by atoms with Gasteiger partial charge in [-0.05, 0) is 0 Å². The van der Waals surface area contributed by atoms with Crippen LogP contribution in [-0.2, 0) is 13.0 Å². The lowest BCUT2D eigenvalue weighted by Gasteiger charge is -2.16. The maximum Gasteiger partial charge on any atom is 0.573 e. The highest BCUT2D eigenvalue weighted by molar-refractivity contribution is 5.45. The molecule has 1 aromatic rings. The van der Waals surface area contributed by atoms with E-state index in [0.29, 0.717) is 0 Å². The smallest absolute Gasteiger partial charge is 0.481 e. The lowest BCUT2D eigenvalue weighted by atomic mass is 10.1. The summed E-state index contributed by atoms with van der Waals surface area (Å²) in [5.41, 5.74) is 5.64. The van der Waals surface area contributed by atoms with E-state index in [1.165, 1.54) is 7.11 Å². The van der Waals surface area contributed by atoms with Gasteiger partial charge in [-0.2, -0.15) is 5.26 Å². The summed E-state index contributed by atoms with van der Waals surface area (Å²) in [6.07, 6.45) is -4.14. The van der Waals surface area contributed by atoms with Gasteiger partial charge in [-0.25, -0.2) is 4.98 Å². The highest BCUT2D eigenvalue weighted by Gasteiger charge is 2.33. The Morgan fingerprint density at radius 2 is 2.11 bits per heavy atom. The van der Waals surface area contributed by atoms with Crippen molar-refractivity contribution in [1.82, 2.24) is 4.98 Å². The molecule has 1 aromatic heterocycles. The van der Waals surface area contributed by atoms with Crippen LogP contribution in [0.4, 0.5) is 13.2 Å². The lowest BCUT2D eigenvalue weighted by molar-refractivity contribution is -0.275. The Bertz CT molecular complexity index is 469. The van der Waals surface area contributed by atoms with Crippen molar-refractivity contribution < 1.29 is 22.6 Å². The van der Waals surface area contributed by atoms with Gasteiger partial charge in [0.2, 0.25) is 5.88 Å². The molecule has 5 nitrogen and oxygen atoms in total. The fraction of sp³-hybridized carbons (Fsp3) is 0.400. The predicted octanol–water partition coefficient (Wildman–Crippen LogP) is 1.51. The summed E-state index contributed by atoms with van der Waals surface area (Å²) in [5.74, 6) is -0.456. The first-order chi connectivity index (χ1) is 8.42. The number of aromatic nitrogens is 1. The minimum atomic E-state index is -4.84. The number of nitrogens with two attached hydrogens (primary N) is 1. The van der Waals surface area contributed by atoms with Gasteiger partial charge in [0.15, 0.2) is 5.75 Å². The van der Waals surface area contributed by atoms with Crippen LogP contribution < -0.4 is 15.2 Å². The standard InChI is InChI=1S/C10H10F3N3O2/c1-17-9-6(2-3-14)7(4-15)8(5-16-9)18-10(11,12)13/h5H,2,4,15H2,1H3. The van der Waals surface area contributed by atoms with Crippen LogP contribution in [0.25, 0.3) is 0 Å². The SMILES string of the molecule is COc1ncc(OC(F)(F)F)c(CN)c1CC#N. The number of ether oxygens (including phenoxy) is 2. The zero-order valence-corrected chi connectivity index (χ0v) is 9.41. The average Bonchev–Trinajstić information content (AvgIpc) is 2.28. The summed E-state index contributed by atoms with van der Waals surface area (Å²) < 4.78 is 45.2. The largest absolute Gasteiger partial charge is 0.573 e. The van der Waals surface area contributed by atoms with Gasteiger partial charge in [-0.3, -0.25) is 0 Å². The van der Waals surface area contributed by atoms with Crippen LogP contribution in [0.1, 0.15) is 11.1 Å². The Labute approximate surface area is 101 Å². The minimum absolute atomic E-state index is 0.0562. The molecule has 0 radical (unpaired) electrons. The molecule has 0 atom stereocenters. The molecular formula is C10H10F3N3O2. The third-order valence-corrected chi connectivity index (χ3v) is 2.10. The van der Waals surface area contributed by atoms with Crippen LogP contribution in [0.5, 0.6) is 11.6 Å². The zero-order valence-electron chi connectivity index (χ0n) is 9.41. The molecule has 2 N–H and O–H groups in total. The number of rotatable bonds is 4. The van der Waals surface area contributed by atoms with Crippen molar-refractivity contribution in [2.45, 2.75) is 19.3 Å². The van der Waals surface area contributed by atoms with Gasteiger partial charge < -0.3 is 15.2 Å². The molecule has 0 aliphatic rings. The molecule has 0 fully saturated rings. The summed E-state index contributed by atoms with van der Waals surface area (Å²) in [7, 11) is 1.30. The molecule has 1 heterocycles. The van der Waals surface area contributed by atoms with Gasteiger partial charge in [0, 0.05) is 17.7 Å². The highest BCUT2D eigenvalue weighted by atomic mass is 19.4. The van der Waals surface area contributed by atoms with E-state index >= 15 is 0 Å². The number of pyridine rings is 1. The van der Waals surface area contributed by atoms with Gasteiger partial charge in [0.05, 0.1) is 25.8 Å².